The van der Waals surface area contributed by atoms with Crippen LogP contribution in [0.4, 0.5) is 0 Å². The van der Waals surface area contributed by atoms with Crippen LogP contribution in [0.1, 0.15) is 18.5 Å². The van der Waals surface area contributed by atoms with E-state index < -0.39 is 0 Å². The fourth-order valence-corrected chi connectivity index (χ4v) is 2.67. The molecule has 1 aliphatic heterocycles. The molecule has 1 fully saturated rings. The van der Waals surface area contributed by atoms with Crippen LogP contribution in [-0.4, -0.2) is 27.9 Å². The Morgan fingerprint density at radius 1 is 1.32 bits per heavy atom. The van der Waals surface area contributed by atoms with Gasteiger partial charge in [0.2, 0.25) is 0 Å². The molecule has 0 saturated carbocycles. The summed E-state index contributed by atoms with van der Waals surface area (Å²) in [5.41, 5.74) is 3.42. The first-order valence-electron chi connectivity index (χ1n) is 6.97. The van der Waals surface area contributed by atoms with Crippen LogP contribution in [0.3, 0.4) is 0 Å². The van der Waals surface area contributed by atoms with Crippen LogP contribution in [-0.2, 0) is 6.54 Å². The molecule has 19 heavy (non-hydrogen) atoms. The van der Waals surface area contributed by atoms with E-state index in [2.05, 4.69) is 32.3 Å². The van der Waals surface area contributed by atoms with E-state index in [1.165, 1.54) is 24.0 Å². The summed E-state index contributed by atoms with van der Waals surface area (Å²) < 4.78 is 2.08. The topological polar surface area (TPSA) is 42.7 Å². The molecule has 1 aliphatic rings. The highest BCUT2D eigenvalue weighted by Crippen LogP contribution is 2.20. The Balaban J connectivity index is 1.72. The maximum Gasteiger partial charge on any atom is 0.0568 e. The van der Waals surface area contributed by atoms with Crippen molar-refractivity contribution in [3.05, 3.63) is 36.4 Å². The first-order valence-corrected chi connectivity index (χ1v) is 6.97. The Hall–Kier alpha value is -1.68. The zero-order valence-electron chi connectivity index (χ0n) is 11.3. The van der Waals surface area contributed by atoms with Crippen LogP contribution in [0, 0.1) is 12.8 Å². The zero-order chi connectivity index (χ0) is 13.1. The molecule has 0 atom stereocenters. The molecule has 0 aromatic carbocycles. The quantitative estimate of drug-likeness (QED) is 0.916. The second-order valence-electron chi connectivity index (χ2n) is 5.33. The third-order valence-electron chi connectivity index (χ3n) is 3.77. The molecule has 0 spiro atoms. The van der Waals surface area contributed by atoms with E-state index in [4.69, 9.17) is 0 Å². The van der Waals surface area contributed by atoms with Gasteiger partial charge in [0.05, 0.1) is 6.20 Å². The second kappa shape index (κ2) is 5.53. The van der Waals surface area contributed by atoms with Gasteiger partial charge in [-0.1, -0.05) is 0 Å². The molecule has 100 valence electrons. The lowest BCUT2D eigenvalue weighted by molar-refractivity contribution is 0.321. The van der Waals surface area contributed by atoms with Crippen molar-refractivity contribution >= 4 is 0 Å². The van der Waals surface area contributed by atoms with Gasteiger partial charge in [0, 0.05) is 30.2 Å². The van der Waals surface area contributed by atoms with E-state index in [9.17, 15) is 0 Å². The molecule has 0 amide bonds. The summed E-state index contributed by atoms with van der Waals surface area (Å²) in [4.78, 5) is 4.23. The Morgan fingerprint density at radius 3 is 2.95 bits per heavy atom. The van der Waals surface area contributed by atoms with Gasteiger partial charge >= 0.3 is 0 Å². The molecule has 0 aliphatic carbocycles. The fraction of sp³-hybridized carbons (Fsp3) is 0.467. The van der Waals surface area contributed by atoms with Gasteiger partial charge in [-0.2, -0.15) is 5.10 Å². The molecule has 1 N–H and O–H groups in total. The van der Waals surface area contributed by atoms with Gasteiger partial charge in [0.25, 0.3) is 0 Å². The molecular weight excluding hydrogens is 236 g/mol. The van der Waals surface area contributed by atoms with Crippen molar-refractivity contribution in [2.75, 3.05) is 13.1 Å². The number of piperidine rings is 1. The Bertz CT molecular complexity index is 541. The van der Waals surface area contributed by atoms with Crippen LogP contribution in [0.15, 0.2) is 30.7 Å². The van der Waals surface area contributed by atoms with Gasteiger partial charge in [-0.15, -0.1) is 0 Å². The third-order valence-corrected chi connectivity index (χ3v) is 3.77. The van der Waals surface area contributed by atoms with Crippen molar-refractivity contribution in [1.29, 1.82) is 0 Å². The summed E-state index contributed by atoms with van der Waals surface area (Å²) in [5.74, 6) is 0.758. The van der Waals surface area contributed by atoms with Crippen LogP contribution in [0.25, 0.3) is 11.1 Å². The summed E-state index contributed by atoms with van der Waals surface area (Å²) in [6, 6.07) is 4.14. The van der Waals surface area contributed by atoms with Crippen molar-refractivity contribution in [3.8, 4) is 11.1 Å². The van der Waals surface area contributed by atoms with Crippen molar-refractivity contribution < 1.29 is 0 Å². The summed E-state index contributed by atoms with van der Waals surface area (Å²) >= 11 is 0. The number of rotatable bonds is 3. The Kier molecular flexibility index (Phi) is 3.60. The predicted molar refractivity (Wildman–Crippen MR) is 75.8 cm³/mol. The van der Waals surface area contributed by atoms with E-state index in [-0.39, 0.29) is 0 Å². The van der Waals surface area contributed by atoms with Crippen molar-refractivity contribution in [3.63, 3.8) is 0 Å². The monoisotopic (exact) mass is 256 g/mol. The Labute approximate surface area is 113 Å². The van der Waals surface area contributed by atoms with Crippen LogP contribution in [0.5, 0.6) is 0 Å². The van der Waals surface area contributed by atoms with Crippen molar-refractivity contribution in [1.82, 2.24) is 20.1 Å². The van der Waals surface area contributed by atoms with Gasteiger partial charge in [0.15, 0.2) is 0 Å². The molecule has 4 heteroatoms. The standard InChI is InChI=1S/C15H20N4/c1-12-8-14(4-7-17-12)15-9-18-19(11-15)10-13-2-5-16-6-3-13/h4,7-9,11,13,16H,2-3,5-6,10H2,1H3. The lowest BCUT2D eigenvalue weighted by Crippen LogP contribution is -2.29. The van der Waals surface area contributed by atoms with Crippen LogP contribution < -0.4 is 5.32 Å². The molecule has 3 heterocycles. The maximum atomic E-state index is 4.49. The van der Waals surface area contributed by atoms with Gasteiger partial charge in [0.1, 0.15) is 0 Å². The van der Waals surface area contributed by atoms with E-state index in [1.54, 1.807) is 0 Å². The summed E-state index contributed by atoms with van der Waals surface area (Å²) in [5, 5.41) is 7.89. The fourth-order valence-electron chi connectivity index (χ4n) is 2.67. The number of aromatic nitrogens is 3. The second-order valence-corrected chi connectivity index (χ2v) is 5.33. The highest BCUT2D eigenvalue weighted by Gasteiger charge is 2.14. The number of hydrogen-bond donors (Lipinski definition) is 1. The van der Waals surface area contributed by atoms with Gasteiger partial charge < -0.3 is 5.32 Å². The zero-order valence-corrected chi connectivity index (χ0v) is 11.3. The number of nitrogens with one attached hydrogen (secondary N) is 1. The van der Waals surface area contributed by atoms with Crippen molar-refractivity contribution in [2.45, 2.75) is 26.3 Å². The highest BCUT2D eigenvalue weighted by molar-refractivity contribution is 5.61. The molecule has 2 aromatic heterocycles. The van der Waals surface area contributed by atoms with E-state index in [0.717, 1.165) is 31.2 Å². The Morgan fingerprint density at radius 2 is 2.16 bits per heavy atom. The van der Waals surface area contributed by atoms with Crippen molar-refractivity contribution in [2.24, 2.45) is 5.92 Å². The normalized spacial score (nSPS) is 16.7. The molecule has 2 aromatic rings. The minimum Gasteiger partial charge on any atom is -0.317 e. The third kappa shape index (κ3) is 3.01. The average molecular weight is 256 g/mol. The largest absolute Gasteiger partial charge is 0.317 e. The minimum absolute atomic E-state index is 0.758. The SMILES string of the molecule is Cc1cc(-c2cnn(CC3CCNCC3)c2)ccn1. The minimum atomic E-state index is 0.758. The average Bonchev–Trinajstić information content (AvgIpc) is 2.88. The molecule has 0 bridgehead atoms. The first-order chi connectivity index (χ1) is 9.31. The molecule has 3 rings (SSSR count). The lowest BCUT2D eigenvalue weighted by Gasteiger charge is -2.22. The first kappa shape index (κ1) is 12.4. The summed E-state index contributed by atoms with van der Waals surface area (Å²) in [6.45, 7) is 5.33. The smallest absolute Gasteiger partial charge is 0.0568 e. The van der Waals surface area contributed by atoms with E-state index >= 15 is 0 Å². The van der Waals surface area contributed by atoms with E-state index in [1.807, 2.05) is 25.4 Å². The number of pyridine rings is 1. The van der Waals surface area contributed by atoms with Crippen LogP contribution in [0.2, 0.25) is 0 Å². The summed E-state index contributed by atoms with van der Waals surface area (Å²) in [7, 11) is 0. The van der Waals surface area contributed by atoms with Gasteiger partial charge in [-0.3, -0.25) is 9.67 Å². The number of aryl methyl sites for hydroxylation is 1. The predicted octanol–water partition coefficient (Wildman–Crippen LogP) is 2.25. The lowest BCUT2D eigenvalue weighted by atomic mass is 9.98. The number of hydrogen-bond acceptors (Lipinski definition) is 3. The van der Waals surface area contributed by atoms with Crippen LogP contribution >= 0.6 is 0 Å². The summed E-state index contributed by atoms with van der Waals surface area (Å²) in [6.07, 6.45) is 8.47. The maximum absolute atomic E-state index is 4.49. The van der Waals surface area contributed by atoms with Gasteiger partial charge in [-0.05, 0) is 56.5 Å². The molecule has 1 saturated heterocycles. The molecular formula is C15H20N4. The highest BCUT2D eigenvalue weighted by atomic mass is 15.3. The number of nitrogens with zero attached hydrogens (tertiary/aromatic N) is 3. The van der Waals surface area contributed by atoms with E-state index in [0.29, 0.717) is 0 Å². The molecule has 4 nitrogen and oxygen atoms in total. The molecule has 0 unspecified atom stereocenters. The van der Waals surface area contributed by atoms with Gasteiger partial charge in [-0.25, -0.2) is 0 Å². The molecule has 0 radical (unpaired) electrons.